The highest BCUT2D eigenvalue weighted by molar-refractivity contribution is 6.08. The summed E-state index contributed by atoms with van der Waals surface area (Å²) in [4.78, 5) is 32.1. The average molecular weight is 311 g/mol. The molecule has 0 aliphatic carbocycles. The number of aryl methyl sites for hydroxylation is 1. The lowest BCUT2D eigenvalue weighted by molar-refractivity contribution is 0.0977. The van der Waals surface area contributed by atoms with Gasteiger partial charge in [0.15, 0.2) is 5.43 Å². The molecule has 1 aromatic carbocycles. The Morgan fingerprint density at radius 3 is 2.65 bits per heavy atom. The number of aromatic amines is 1. The number of anilines is 2. The number of para-hydroxylation sites is 2. The van der Waals surface area contributed by atoms with E-state index in [-0.39, 0.29) is 22.9 Å². The molecule has 1 N–H and O–H groups in total. The molecular formula is C18H21N3O2. The van der Waals surface area contributed by atoms with Crippen LogP contribution in [0, 0.1) is 6.92 Å². The Bertz CT molecular complexity index is 797. The fraction of sp³-hybridized carbons (Fsp3) is 0.333. The van der Waals surface area contributed by atoms with Crippen LogP contribution in [-0.2, 0) is 0 Å². The van der Waals surface area contributed by atoms with E-state index in [0.717, 1.165) is 30.0 Å². The minimum Gasteiger partial charge on any atom is -0.373 e. The standard InChI is InChI=1S/C18H21N3O2/c1-12-10-17(22)14(11-19-12)18(23)21-13(2)8-9-20(3)15-6-4-5-7-16(15)21/h4-7,10-11,13H,8-9H2,1-3H3,(H,19,22)/t13-/m1/s1. The van der Waals surface area contributed by atoms with Crippen molar-refractivity contribution in [3.63, 3.8) is 0 Å². The second-order valence-electron chi connectivity index (χ2n) is 6.12. The summed E-state index contributed by atoms with van der Waals surface area (Å²) in [6.07, 6.45) is 2.37. The molecular weight excluding hydrogens is 290 g/mol. The molecule has 0 radical (unpaired) electrons. The van der Waals surface area contributed by atoms with Crippen LogP contribution in [0.1, 0.15) is 29.4 Å². The Labute approximate surface area is 135 Å². The number of rotatable bonds is 1. The monoisotopic (exact) mass is 311 g/mol. The van der Waals surface area contributed by atoms with Gasteiger partial charge in [-0.05, 0) is 32.4 Å². The number of fused-ring (bicyclic) bond motifs is 1. The van der Waals surface area contributed by atoms with Crippen LogP contribution in [0.25, 0.3) is 0 Å². The van der Waals surface area contributed by atoms with E-state index in [0.29, 0.717) is 0 Å². The van der Waals surface area contributed by atoms with Crippen molar-refractivity contribution in [3.8, 4) is 0 Å². The Balaban J connectivity index is 2.11. The Hall–Kier alpha value is -2.56. The predicted octanol–water partition coefficient (Wildman–Crippen LogP) is 2.56. The minimum atomic E-state index is -0.249. The quantitative estimate of drug-likeness (QED) is 0.880. The number of amides is 1. The summed E-state index contributed by atoms with van der Waals surface area (Å²) in [5.74, 6) is -0.249. The first-order valence-corrected chi connectivity index (χ1v) is 7.82. The minimum absolute atomic E-state index is 0.0225. The first kappa shape index (κ1) is 15.3. The van der Waals surface area contributed by atoms with Crippen molar-refractivity contribution in [1.82, 2.24) is 4.98 Å². The van der Waals surface area contributed by atoms with Crippen molar-refractivity contribution in [1.29, 1.82) is 0 Å². The summed E-state index contributed by atoms with van der Waals surface area (Å²) in [5, 5.41) is 0. The van der Waals surface area contributed by atoms with Crippen LogP contribution in [-0.4, -0.2) is 30.5 Å². The van der Waals surface area contributed by atoms with Gasteiger partial charge in [0.2, 0.25) is 0 Å². The molecule has 0 spiro atoms. The third kappa shape index (κ3) is 2.74. The summed E-state index contributed by atoms with van der Waals surface area (Å²) >= 11 is 0. The van der Waals surface area contributed by atoms with Crippen LogP contribution in [0.5, 0.6) is 0 Å². The smallest absolute Gasteiger partial charge is 0.264 e. The SMILES string of the molecule is Cc1cc(=O)c(C(=O)N2c3ccccc3N(C)CC[C@H]2C)c[nH]1. The van der Waals surface area contributed by atoms with Crippen molar-refractivity contribution < 1.29 is 4.79 Å². The zero-order chi connectivity index (χ0) is 16.6. The van der Waals surface area contributed by atoms with E-state index in [1.165, 1.54) is 12.3 Å². The fourth-order valence-electron chi connectivity index (χ4n) is 3.04. The van der Waals surface area contributed by atoms with Crippen LogP contribution < -0.4 is 15.2 Å². The van der Waals surface area contributed by atoms with Gasteiger partial charge in [0.05, 0.1) is 11.4 Å². The third-order valence-corrected chi connectivity index (χ3v) is 4.38. The van der Waals surface area contributed by atoms with Gasteiger partial charge < -0.3 is 14.8 Å². The molecule has 0 bridgehead atoms. The van der Waals surface area contributed by atoms with E-state index in [1.54, 1.807) is 11.8 Å². The Kier molecular flexibility index (Phi) is 3.94. The van der Waals surface area contributed by atoms with Crippen molar-refractivity contribution in [2.45, 2.75) is 26.3 Å². The Morgan fingerprint density at radius 1 is 1.26 bits per heavy atom. The second-order valence-corrected chi connectivity index (χ2v) is 6.12. The van der Waals surface area contributed by atoms with Gasteiger partial charge in [0, 0.05) is 37.6 Å². The summed E-state index contributed by atoms with van der Waals surface area (Å²) in [6.45, 7) is 4.69. The van der Waals surface area contributed by atoms with Gasteiger partial charge in [0.1, 0.15) is 5.56 Å². The summed E-state index contributed by atoms with van der Waals surface area (Å²) in [5.41, 5.74) is 2.55. The lowest BCUT2D eigenvalue weighted by Gasteiger charge is -2.28. The molecule has 3 rings (SSSR count). The predicted molar refractivity (Wildman–Crippen MR) is 92.4 cm³/mol. The topological polar surface area (TPSA) is 56.4 Å². The molecule has 23 heavy (non-hydrogen) atoms. The van der Waals surface area contributed by atoms with Crippen LogP contribution in [0.3, 0.4) is 0 Å². The van der Waals surface area contributed by atoms with E-state index in [9.17, 15) is 9.59 Å². The van der Waals surface area contributed by atoms with Crippen molar-refractivity contribution in [2.75, 3.05) is 23.4 Å². The van der Waals surface area contributed by atoms with Gasteiger partial charge in [-0.1, -0.05) is 12.1 Å². The summed E-state index contributed by atoms with van der Waals surface area (Å²) < 4.78 is 0. The normalized spacial score (nSPS) is 17.6. The number of carbonyl (C=O) groups is 1. The number of benzene rings is 1. The van der Waals surface area contributed by atoms with Crippen LogP contribution in [0.4, 0.5) is 11.4 Å². The lowest BCUT2D eigenvalue weighted by Crippen LogP contribution is -2.40. The van der Waals surface area contributed by atoms with Gasteiger partial charge in [-0.25, -0.2) is 0 Å². The van der Waals surface area contributed by atoms with Gasteiger partial charge >= 0.3 is 0 Å². The molecule has 2 aromatic rings. The number of hydrogen-bond donors (Lipinski definition) is 1. The number of hydrogen-bond acceptors (Lipinski definition) is 3. The largest absolute Gasteiger partial charge is 0.373 e. The number of pyridine rings is 1. The molecule has 0 unspecified atom stereocenters. The van der Waals surface area contributed by atoms with E-state index < -0.39 is 0 Å². The lowest BCUT2D eigenvalue weighted by atomic mass is 10.1. The van der Waals surface area contributed by atoms with Crippen LogP contribution >= 0.6 is 0 Å². The zero-order valence-electron chi connectivity index (χ0n) is 13.7. The fourth-order valence-corrected chi connectivity index (χ4v) is 3.04. The molecule has 0 saturated heterocycles. The highest BCUT2D eigenvalue weighted by atomic mass is 16.2. The van der Waals surface area contributed by atoms with Crippen LogP contribution in [0.15, 0.2) is 41.3 Å². The van der Waals surface area contributed by atoms with Crippen molar-refractivity contribution in [3.05, 3.63) is 58.0 Å². The molecule has 1 atom stereocenters. The van der Waals surface area contributed by atoms with E-state index in [1.807, 2.05) is 38.2 Å². The summed E-state index contributed by atoms with van der Waals surface area (Å²) in [6, 6.07) is 9.32. The van der Waals surface area contributed by atoms with E-state index in [4.69, 9.17) is 0 Å². The maximum atomic E-state index is 13.1. The maximum Gasteiger partial charge on any atom is 0.264 e. The first-order valence-electron chi connectivity index (χ1n) is 7.82. The first-order chi connectivity index (χ1) is 11.0. The molecule has 5 nitrogen and oxygen atoms in total. The number of aromatic nitrogens is 1. The van der Waals surface area contributed by atoms with Crippen molar-refractivity contribution >= 4 is 17.3 Å². The molecule has 2 heterocycles. The molecule has 5 heteroatoms. The van der Waals surface area contributed by atoms with E-state index in [2.05, 4.69) is 9.88 Å². The number of nitrogens with one attached hydrogen (secondary N) is 1. The Morgan fingerprint density at radius 2 is 1.96 bits per heavy atom. The number of nitrogens with zero attached hydrogens (tertiary/aromatic N) is 2. The average Bonchev–Trinajstić information content (AvgIpc) is 2.64. The molecule has 1 aliphatic rings. The summed E-state index contributed by atoms with van der Waals surface area (Å²) in [7, 11) is 2.03. The van der Waals surface area contributed by atoms with E-state index >= 15 is 0 Å². The molecule has 1 amide bonds. The van der Waals surface area contributed by atoms with Gasteiger partial charge in [0.25, 0.3) is 5.91 Å². The molecule has 0 saturated carbocycles. The zero-order valence-corrected chi connectivity index (χ0v) is 13.7. The molecule has 120 valence electrons. The van der Waals surface area contributed by atoms with Crippen molar-refractivity contribution in [2.24, 2.45) is 0 Å². The van der Waals surface area contributed by atoms with Gasteiger partial charge in [-0.15, -0.1) is 0 Å². The van der Waals surface area contributed by atoms with Gasteiger partial charge in [-0.2, -0.15) is 0 Å². The highest BCUT2D eigenvalue weighted by Gasteiger charge is 2.30. The number of carbonyl (C=O) groups excluding carboxylic acids is 1. The maximum absolute atomic E-state index is 13.1. The third-order valence-electron chi connectivity index (χ3n) is 4.38. The van der Waals surface area contributed by atoms with Gasteiger partial charge in [-0.3, -0.25) is 9.59 Å². The molecule has 0 fully saturated rings. The van der Waals surface area contributed by atoms with Crippen LogP contribution in [0.2, 0.25) is 0 Å². The molecule has 1 aromatic heterocycles. The highest BCUT2D eigenvalue weighted by Crippen LogP contribution is 2.34. The molecule has 1 aliphatic heterocycles. The number of H-pyrrole nitrogens is 1. The second kappa shape index (κ2) is 5.91.